The zero-order valence-corrected chi connectivity index (χ0v) is 12.4. The average Bonchev–Trinajstić information content (AvgIpc) is 2.44. The summed E-state index contributed by atoms with van der Waals surface area (Å²) >= 11 is 0. The van der Waals surface area contributed by atoms with E-state index in [-0.39, 0.29) is 16.7 Å². The van der Waals surface area contributed by atoms with Gasteiger partial charge in [0, 0.05) is 11.6 Å². The van der Waals surface area contributed by atoms with Gasteiger partial charge in [-0.2, -0.15) is 13.2 Å². The number of carbonyl (C=O) groups excluding carboxylic acids is 1. The molecule has 2 aromatic rings. The van der Waals surface area contributed by atoms with Crippen LogP contribution in [0.1, 0.15) is 26.3 Å². The summed E-state index contributed by atoms with van der Waals surface area (Å²) in [6, 6.07) is 5.27. The Morgan fingerprint density at radius 2 is 1.91 bits per heavy atom. The van der Waals surface area contributed by atoms with Gasteiger partial charge in [-0.1, -0.05) is 6.92 Å². The van der Waals surface area contributed by atoms with Crippen molar-refractivity contribution in [1.29, 1.82) is 0 Å². The molecule has 0 saturated carbocycles. The molecule has 0 fully saturated rings. The Hall–Kier alpha value is -2.11. The van der Waals surface area contributed by atoms with E-state index in [4.69, 9.17) is 4.74 Å². The second kappa shape index (κ2) is 5.59. The van der Waals surface area contributed by atoms with Gasteiger partial charge in [0.25, 0.3) is 0 Å². The normalized spacial score (nSPS) is 13.9. The van der Waals surface area contributed by atoms with Gasteiger partial charge >= 0.3 is 6.18 Å². The number of nitrogens with zero attached hydrogens (tertiary/aromatic N) is 1. The fourth-order valence-corrected chi connectivity index (χ4v) is 2.00. The number of carbonyl (C=O) groups is 1. The lowest BCUT2D eigenvalue weighted by Gasteiger charge is -2.29. The third-order valence-electron chi connectivity index (χ3n) is 3.70. The Bertz CT molecular complexity index is 695. The van der Waals surface area contributed by atoms with Gasteiger partial charge in [-0.05, 0) is 38.1 Å². The van der Waals surface area contributed by atoms with Crippen LogP contribution < -0.4 is 4.74 Å². The van der Waals surface area contributed by atoms with Crippen LogP contribution in [-0.4, -0.2) is 16.9 Å². The molecular weight excluding hydrogens is 295 g/mol. The van der Waals surface area contributed by atoms with Crippen molar-refractivity contribution in [2.75, 3.05) is 0 Å². The molecule has 0 aliphatic heterocycles. The molecule has 3 nitrogen and oxygen atoms in total. The topological polar surface area (TPSA) is 39.2 Å². The fourth-order valence-electron chi connectivity index (χ4n) is 2.00. The number of aldehydes is 1. The van der Waals surface area contributed by atoms with Crippen LogP contribution in [0.3, 0.4) is 0 Å². The molecule has 1 unspecified atom stereocenters. The quantitative estimate of drug-likeness (QED) is 0.793. The maximum absolute atomic E-state index is 13.1. The average molecular weight is 311 g/mol. The Morgan fingerprint density at radius 3 is 2.50 bits per heavy atom. The van der Waals surface area contributed by atoms with Crippen molar-refractivity contribution in [2.45, 2.75) is 32.5 Å². The number of hydrogen-bond acceptors (Lipinski definition) is 3. The second-order valence-electron chi connectivity index (χ2n) is 5.67. The van der Waals surface area contributed by atoms with Crippen LogP contribution >= 0.6 is 0 Å². The maximum atomic E-state index is 13.1. The first kappa shape index (κ1) is 16.3. The summed E-state index contributed by atoms with van der Waals surface area (Å²) < 4.78 is 44.9. The van der Waals surface area contributed by atoms with Gasteiger partial charge in [-0.15, -0.1) is 0 Å². The molecule has 0 aliphatic rings. The molecular formula is C16H16F3NO2. The Morgan fingerprint density at radius 1 is 1.23 bits per heavy atom. The van der Waals surface area contributed by atoms with Crippen molar-refractivity contribution in [3.05, 3.63) is 36.0 Å². The Kier molecular flexibility index (Phi) is 4.13. The predicted octanol–water partition coefficient (Wildman–Crippen LogP) is 4.25. The Labute approximate surface area is 126 Å². The lowest BCUT2D eigenvalue weighted by molar-refractivity contribution is -0.136. The molecule has 0 spiro atoms. The summed E-state index contributed by atoms with van der Waals surface area (Å²) in [5, 5.41) is -0.0259. The molecule has 2 rings (SSSR count). The third-order valence-corrected chi connectivity index (χ3v) is 3.70. The van der Waals surface area contributed by atoms with Crippen molar-refractivity contribution in [2.24, 2.45) is 5.92 Å². The number of hydrogen-bond donors (Lipinski definition) is 0. The highest BCUT2D eigenvalue weighted by Gasteiger charge is 2.33. The third kappa shape index (κ3) is 3.21. The molecule has 0 saturated heterocycles. The van der Waals surface area contributed by atoms with E-state index in [1.165, 1.54) is 12.1 Å². The van der Waals surface area contributed by atoms with E-state index in [0.717, 1.165) is 18.5 Å². The highest BCUT2D eigenvalue weighted by molar-refractivity contribution is 5.84. The van der Waals surface area contributed by atoms with Crippen molar-refractivity contribution >= 4 is 17.2 Å². The zero-order chi connectivity index (χ0) is 16.5. The SMILES string of the molecule is CC(C=O)C(C)(C)Oc1ccc2nccc(C(F)(F)F)c2c1. The van der Waals surface area contributed by atoms with Crippen molar-refractivity contribution in [3.63, 3.8) is 0 Å². The van der Waals surface area contributed by atoms with E-state index in [0.29, 0.717) is 0 Å². The number of halogens is 3. The fraction of sp³-hybridized carbons (Fsp3) is 0.375. The van der Waals surface area contributed by atoms with Crippen LogP contribution in [0.2, 0.25) is 0 Å². The van der Waals surface area contributed by atoms with Gasteiger partial charge in [0.05, 0.1) is 17.0 Å². The minimum atomic E-state index is -4.47. The Balaban J connectivity index is 2.48. The number of rotatable bonds is 4. The van der Waals surface area contributed by atoms with E-state index in [9.17, 15) is 18.0 Å². The minimum absolute atomic E-state index is 0.0259. The number of ether oxygens (including phenoxy) is 1. The largest absolute Gasteiger partial charge is 0.487 e. The van der Waals surface area contributed by atoms with Crippen LogP contribution in [0.25, 0.3) is 10.9 Å². The lowest BCUT2D eigenvalue weighted by atomic mass is 9.94. The summed E-state index contributed by atoms with van der Waals surface area (Å²) in [7, 11) is 0. The first-order valence-corrected chi connectivity index (χ1v) is 6.75. The molecule has 0 radical (unpaired) electrons. The standard InChI is InChI=1S/C16H16F3NO2/c1-10(9-21)15(2,3)22-11-4-5-14-12(8-11)13(6-7-20-14)16(17,18)19/h4-10H,1-3H3. The van der Waals surface area contributed by atoms with E-state index in [1.807, 2.05) is 0 Å². The molecule has 0 bridgehead atoms. The summed E-state index contributed by atoms with van der Waals surface area (Å²) in [5.74, 6) is -0.135. The number of alkyl halides is 3. The summed E-state index contributed by atoms with van der Waals surface area (Å²) in [6.45, 7) is 5.12. The predicted molar refractivity (Wildman–Crippen MR) is 76.7 cm³/mol. The van der Waals surface area contributed by atoms with E-state index < -0.39 is 23.3 Å². The molecule has 1 heterocycles. The molecule has 1 aromatic heterocycles. The van der Waals surface area contributed by atoms with Crippen LogP contribution in [0.5, 0.6) is 5.75 Å². The summed E-state index contributed by atoms with van der Waals surface area (Å²) in [4.78, 5) is 14.8. The number of aromatic nitrogens is 1. The first-order chi connectivity index (χ1) is 10.1. The molecule has 1 atom stereocenters. The smallest absolute Gasteiger partial charge is 0.417 e. The van der Waals surface area contributed by atoms with E-state index in [2.05, 4.69) is 4.98 Å². The first-order valence-electron chi connectivity index (χ1n) is 6.75. The highest BCUT2D eigenvalue weighted by atomic mass is 19.4. The highest BCUT2D eigenvalue weighted by Crippen LogP contribution is 2.36. The van der Waals surface area contributed by atoms with Crippen molar-refractivity contribution < 1.29 is 22.7 Å². The molecule has 0 amide bonds. The van der Waals surface area contributed by atoms with Gasteiger partial charge in [0.1, 0.15) is 17.6 Å². The maximum Gasteiger partial charge on any atom is 0.417 e. The second-order valence-corrected chi connectivity index (χ2v) is 5.67. The molecule has 22 heavy (non-hydrogen) atoms. The minimum Gasteiger partial charge on any atom is -0.487 e. The van der Waals surface area contributed by atoms with Crippen LogP contribution in [0, 0.1) is 5.92 Å². The molecule has 0 aliphatic carbocycles. The van der Waals surface area contributed by atoms with Crippen LogP contribution in [0.15, 0.2) is 30.5 Å². The number of pyridine rings is 1. The molecule has 118 valence electrons. The van der Waals surface area contributed by atoms with Crippen LogP contribution in [-0.2, 0) is 11.0 Å². The summed E-state index contributed by atoms with van der Waals surface area (Å²) in [6.07, 6.45) is -2.58. The number of benzene rings is 1. The summed E-state index contributed by atoms with van der Waals surface area (Å²) in [5.41, 5.74) is -1.34. The van der Waals surface area contributed by atoms with Crippen LogP contribution in [0.4, 0.5) is 13.2 Å². The molecule has 6 heteroatoms. The number of fused-ring (bicyclic) bond motifs is 1. The van der Waals surface area contributed by atoms with Gasteiger partial charge in [-0.3, -0.25) is 4.98 Å². The molecule has 1 aromatic carbocycles. The van der Waals surface area contributed by atoms with Gasteiger partial charge < -0.3 is 9.53 Å². The van der Waals surface area contributed by atoms with Crippen molar-refractivity contribution in [3.8, 4) is 5.75 Å². The monoisotopic (exact) mass is 311 g/mol. The molecule has 0 N–H and O–H groups in total. The van der Waals surface area contributed by atoms with Crippen molar-refractivity contribution in [1.82, 2.24) is 4.98 Å². The zero-order valence-electron chi connectivity index (χ0n) is 12.4. The van der Waals surface area contributed by atoms with E-state index >= 15 is 0 Å². The lowest BCUT2D eigenvalue weighted by Crippen LogP contribution is -2.36. The van der Waals surface area contributed by atoms with Gasteiger partial charge in [0.2, 0.25) is 0 Å². The van der Waals surface area contributed by atoms with E-state index in [1.54, 1.807) is 26.8 Å². The van der Waals surface area contributed by atoms with Gasteiger partial charge in [-0.25, -0.2) is 0 Å². The van der Waals surface area contributed by atoms with Gasteiger partial charge in [0.15, 0.2) is 0 Å².